The van der Waals surface area contributed by atoms with Gasteiger partial charge in [-0.1, -0.05) is 57.8 Å². The van der Waals surface area contributed by atoms with Crippen LogP contribution < -0.4 is 37.2 Å². The molecule has 0 bridgehead atoms. The summed E-state index contributed by atoms with van der Waals surface area (Å²) in [5.41, 5.74) is 0. The molecule has 4 aliphatic rings. The molecule has 3 nitrogen and oxygen atoms in total. The standard InChI is InChI=1S/C21H39N3.3ClH.V/c1-4-10-19(11-5-1)22-16-23(20-12-6-2-7-13-20)18-24(17-22)21-14-8-3-9-15-21;;;;/h19-21H,1-18H2;3*1H;/q;;;;+3/p-3. The summed E-state index contributed by atoms with van der Waals surface area (Å²) >= 11 is 0. The molecule has 0 spiro atoms. The van der Waals surface area contributed by atoms with Crippen molar-refractivity contribution in [2.45, 2.75) is 114 Å². The average Bonchev–Trinajstić information content (AvgIpc) is 2.70. The van der Waals surface area contributed by atoms with E-state index in [0.29, 0.717) is 0 Å². The van der Waals surface area contributed by atoms with E-state index in [1.54, 1.807) is 0 Å². The molecule has 0 amide bonds. The predicted molar refractivity (Wildman–Crippen MR) is 101 cm³/mol. The number of hydrogen-bond donors (Lipinski definition) is 0. The van der Waals surface area contributed by atoms with Gasteiger partial charge >= 0.3 is 18.6 Å². The second-order valence-corrected chi connectivity index (χ2v) is 9.07. The van der Waals surface area contributed by atoms with Crippen molar-refractivity contribution in [1.29, 1.82) is 0 Å². The molecule has 4 fully saturated rings. The summed E-state index contributed by atoms with van der Waals surface area (Å²) in [6.07, 6.45) is 22.0. The summed E-state index contributed by atoms with van der Waals surface area (Å²) in [6.45, 7) is 3.79. The summed E-state index contributed by atoms with van der Waals surface area (Å²) in [6, 6.07) is 2.61. The second kappa shape index (κ2) is 15.2. The molecule has 1 saturated heterocycles. The molecule has 0 unspecified atom stereocenters. The minimum absolute atomic E-state index is 0. The van der Waals surface area contributed by atoms with E-state index >= 15 is 0 Å². The van der Waals surface area contributed by atoms with Gasteiger partial charge < -0.3 is 37.2 Å². The molecule has 164 valence electrons. The number of nitrogens with zero attached hydrogens (tertiary/aromatic N) is 3. The van der Waals surface area contributed by atoms with Crippen molar-refractivity contribution in [3.05, 3.63) is 0 Å². The summed E-state index contributed by atoms with van der Waals surface area (Å²) in [7, 11) is 0. The van der Waals surface area contributed by atoms with Crippen molar-refractivity contribution in [3.8, 4) is 0 Å². The number of rotatable bonds is 3. The number of hydrogen-bond acceptors (Lipinski definition) is 3. The third kappa shape index (κ3) is 7.79. The van der Waals surface area contributed by atoms with Crippen LogP contribution in [0.25, 0.3) is 0 Å². The number of halogens is 3. The fourth-order valence-electron chi connectivity index (χ4n) is 5.87. The molecule has 28 heavy (non-hydrogen) atoms. The van der Waals surface area contributed by atoms with E-state index in [1.807, 2.05) is 0 Å². The molecule has 0 radical (unpaired) electrons. The maximum Gasteiger partial charge on any atom is 3.00 e. The summed E-state index contributed by atoms with van der Waals surface area (Å²) in [4.78, 5) is 8.64. The first-order valence-corrected chi connectivity index (χ1v) is 11.1. The summed E-state index contributed by atoms with van der Waals surface area (Å²) < 4.78 is 0. The van der Waals surface area contributed by atoms with Crippen LogP contribution in [0.4, 0.5) is 0 Å². The zero-order valence-electron chi connectivity index (χ0n) is 17.4. The van der Waals surface area contributed by atoms with Crippen molar-refractivity contribution in [3.63, 3.8) is 0 Å². The van der Waals surface area contributed by atoms with E-state index in [2.05, 4.69) is 14.7 Å². The van der Waals surface area contributed by atoms with E-state index in [4.69, 9.17) is 0 Å². The molecule has 0 aromatic carbocycles. The van der Waals surface area contributed by atoms with Crippen molar-refractivity contribution in [2.75, 3.05) is 20.0 Å². The Hall–Kier alpha value is 1.33. The van der Waals surface area contributed by atoms with Crippen molar-refractivity contribution >= 4 is 0 Å². The molecule has 7 heteroatoms. The average molecular weight is 491 g/mol. The fraction of sp³-hybridized carbons (Fsp3) is 1.00. The molecular formula is C21H39Cl3N3V. The first-order chi connectivity index (χ1) is 11.9. The van der Waals surface area contributed by atoms with Crippen LogP contribution in [0.15, 0.2) is 0 Å². The zero-order valence-corrected chi connectivity index (χ0v) is 21.0. The van der Waals surface area contributed by atoms with Crippen molar-refractivity contribution in [2.24, 2.45) is 0 Å². The topological polar surface area (TPSA) is 9.72 Å². The second-order valence-electron chi connectivity index (χ2n) is 9.07. The molecule has 3 saturated carbocycles. The van der Waals surface area contributed by atoms with Crippen LogP contribution in [-0.4, -0.2) is 52.8 Å². The molecule has 0 N–H and O–H groups in total. The third-order valence-corrected chi connectivity index (χ3v) is 7.36. The first kappa shape index (κ1) is 29.3. The molecule has 1 aliphatic heterocycles. The summed E-state index contributed by atoms with van der Waals surface area (Å²) in [5, 5.41) is 0. The Morgan fingerprint density at radius 2 is 0.571 bits per heavy atom. The van der Waals surface area contributed by atoms with E-state index < -0.39 is 0 Å². The van der Waals surface area contributed by atoms with Crippen LogP contribution in [0, 0.1) is 0 Å². The normalized spacial score (nSPS) is 27.0. The van der Waals surface area contributed by atoms with Gasteiger partial charge in [-0.05, 0) is 38.5 Å². The zero-order chi connectivity index (χ0) is 16.2. The van der Waals surface area contributed by atoms with Gasteiger partial charge in [0, 0.05) is 18.1 Å². The minimum atomic E-state index is 0. The van der Waals surface area contributed by atoms with Crippen LogP contribution in [0.3, 0.4) is 0 Å². The van der Waals surface area contributed by atoms with Crippen LogP contribution in [0.5, 0.6) is 0 Å². The molecule has 1 heterocycles. The Morgan fingerprint density at radius 1 is 0.357 bits per heavy atom. The van der Waals surface area contributed by atoms with E-state index in [-0.39, 0.29) is 55.8 Å². The molecule has 0 aromatic heterocycles. The van der Waals surface area contributed by atoms with Crippen molar-refractivity contribution in [1.82, 2.24) is 14.7 Å². The minimum Gasteiger partial charge on any atom is -1.00 e. The largest absolute Gasteiger partial charge is 3.00 e. The van der Waals surface area contributed by atoms with Crippen LogP contribution in [0.1, 0.15) is 96.3 Å². The first-order valence-electron chi connectivity index (χ1n) is 11.1. The van der Waals surface area contributed by atoms with Gasteiger partial charge in [-0.2, -0.15) is 0 Å². The smallest absolute Gasteiger partial charge is 1.00 e. The summed E-state index contributed by atoms with van der Waals surface area (Å²) in [5.74, 6) is 0. The van der Waals surface area contributed by atoms with Crippen LogP contribution in [0.2, 0.25) is 0 Å². The fourth-order valence-corrected chi connectivity index (χ4v) is 5.87. The van der Waals surface area contributed by atoms with Gasteiger partial charge in [0.1, 0.15) is 0 Å². The quantitative estimate of drug-likeness (QED) is 0.397. The van der Waals surface area contributed by atoms with E-state index in [1.165, 1.54) is 116 Å². The molecule has 0 atom stereocenters. The Bertz CT molecular complexity index is 324. The van der Waals surface area contributed by atoms with Gasteiger partial charge in [0.05, 0.1) is 20.0 Å². The van der Waals surface area contributed by atoms with Gasteiger partial charge in [0.2, 0.25) is 0 Å². The Morgan fingerprint density at radius 3 is 0.786 bits per heavy atom. The third-order valence-electron chi connectivity index (χ3n) is 7.36. The van der Waals surface area contributed by atoms with E-state index in [9.17, 15) is 0 Å². The molecule has 3 aliphatic carbocycles. The van der Waals surface area contributed by atoms with Gasteiger partial charge in [0.15, 0.2) is 0 Å². The van der Waals surface area contributed by atoms with Crippen molar-refractivity contribution < 1.29 is 55.8 Å². The van der Waals surface area contributed by atoms with Gasteiger partial charge in [-0.3, -0.25) is 14.7 Å². The SMILES string of the molecule is C1CCC(N2CN(C3CCCCC3)CN(C3CCCCC3)C2)CC1.[Cl-].[Cl-].[Cl-].[V+3]. The maximum atomic E-state index is 2.88. The van der Waals surface area contributed by atoms with Gasteiger partial charge in [-0.15, -0.1) is 0 Å². The molecule has 4 rings (SSSR count). The maximum absolute atomic E-state index is 2.88. The Labute approximate surface area is 204 Å². The van der Waals surface area contributed by atoms with Crippen LogP contribution >= 0.6 is 0 Å². The molecule has 0 aromatic rings. The van der Waals surface area contributed by atoms with Gasteiger partial charge in [0.25, 0.3) is 0 Å². The van der Waals surface area contributed by atoms with Gasteiger partial charge in [-0.25, -0.2) is 0 Å². The molecular weight excluding hydrogens is 452 g/mol. The predicted octanol–water partition coefficient (Wildman–Crippen LogP) is -4.21. The Kier molecular flexibility index (Phi) is 15.9. The Balaban J connectivity index is 0.00000182. The van der Waals surface area contributed by atoms with Crippen LogP contribution in [-0.2, 0) is 18.6 Å². The monoisotopic (exact) mass is 489 g/mol. The van der Waals surface area contributed by atoms with E-state index in [0.717, 1.165) is 18.1 Å².